The summed E-state index contributed by atoms with van der Waals surface area (Å²) in [5.41, 5.74) is 0.0264. The number of carbonyl (C=O) groups is 1. The van der Waals surface area contributed by atoms with Gasteiger partial charge in [0.05, 0.1) is 5.56 Å². The third-order valence-corrected chi connectivity index (χ3v) is 4.13. The van der Waals surface area contributed by atoms with Gasteiger partial charge in [-0.3, -0.25) is 9.69 Å². The number of anilines is 1. The van der Waals surface area contributed by atoms with E-state index in [9.17, 15) is 9.18 Å². The molecule has 2 N–H and O–H groups in total. The number of pyridine rings is 1. The summed E-state index contributed by atoms with van der Waals surface area (Å²) in [6, 6.07) is 1.39. The molecule has 2 heterocycles. The Balaban J connectivity index is 1.85. The summed E-state index contributed by atoms with van der Waals surface area (Å²) in [5.74, 6) is 1.36. The van der Waals surface area contributed by atoms with Crippen LogP contribution in [-0.4, -0.2) is 60.5 Å². The highest BCUT2D eigenvalue weighted by molar-refractivity contribution is 7.99. The second-order valence-electron chi connectivity index (χ2n) is 4.48. The molecule has 7 heteroatoms. The molecule has 1 aliphatic rings. The fraction of sp³-hybridized carbons (Fsp3) is 0.538. The molecule has 1 aromatic heterocycles. The van der Waals surface area contributed by atoms with Crippen molar-refractivity contribution < 1.29 is 9.18 Å². The Morgan fingerprint density at radius 1 is 1.50 bits per heavy atom. The van der Waals surface area contributed by atoms with Gasteiger partial charge in [-0.2, -0.15) is 11.8 Å². The standard InChI is InChI=1S/C13H19FN4OS/c1-15-12-11(14)10(2-3-16-12)13(19)17-4-5-18-6-8-20-9-7-18/h2-3H,4-9H2,1H3,(H,15,16)(H,17,19). The Morgan fingerprint density at radius 2 is 2.25 bits per heavy atom. The molecular formula is C13H19FN4OS. The van der Waals surface area contributed by atoms with Crippen molar-refractivity contribution in [1.29, 1.82) is 0 Å². The van der Waals surface area contributed by atoms with Crippen molar-refractivity contribution in [3.8, 4) is 0 Å². The fourth-order valence-corrected chi connectivity index (χ4v) is 3.02. The third-order valence-electron chi connectivity index (χ3n) is 3.19. The molecule has 5 nitrogen and oxygen atoms in total. The summed E-state index contributed by atoms with van der Waals surface area (Å²) >= 11 is 1.95. The molecule has 0 bridgehead atoms. The SMILES string of the molecule is CNc1nccc(C(=O)NCCN2CCSCC2)c1F. The molecule has 20 heavy (non-hydrogen) atoms. The first kappa shape index (κ1) is 15.1. The highest BCUT2D eigenvalue weighted by Crippen LogP contribution is 2.14. The van der Waals surface area contributed by atoms with Crippen molar-refractivity contribution in [2.75, 3.05) is 50.0 Å². The van der Waals surface area contributed by atoms with Gasteiger partial charge in [0, 0.05) is 50.9 Å². The lowest BCUT2D eigenvalue weighted by atomic mass is 10.2. The topological polar surface area (TPSA) is 57.3 Å². The minimum Gasteiger partial charge on any atom is -0.371 e. The van der Waals surface area contributed by atoms with Gasteiger partial charge in [-0.1, -0.05) is 0 Å². The zero-order valence-electron chi connectivity index (χ0n) is 11.5. The van der Waals surface area contributed by atoms with Crippen LogP contribution in [0.2, 0.25) is 0 Å². The Morgan fingerprint density at radius 3 is 2.95 bits per heavy atom. The van der Waals surface area contributed by atoms with Gasteiger partial charge in [-0.25, -0.2) is 9.37 Å². The first-order valence-electron chi connectivity index (χ1n) is 6.63. The Kier molecular flexibility index (Phi) is 5.60. The molecule has 1 saturated heterocycles. The van der Waals surface area contributed by atoms with Gasteiger partial charge < -0.3 is 10.6 Å². The van der Waals surface area contributed by atoms with Gasteiger partial charge in [-0.15, -0.1) is 0 Å². The van der Waals surface area contributed by atoms with E-state index in [-0.39, 0.29) is 11.4 Å². The zero-order valence-corrected chi connectivity index (χ0v) is 12.3. The van der Waals surface area contributed by atoms with E-state index < -0.39 is 11.7 Å². The van der Waals surface area contributed by atoms with E-state index >= 15 is 0 Å². The van der Waals surface area contributed by atoms with E-state index in [1.807, 2.05) is 11.8 Å². The number of hydrogen-bond donors (Lipinski definition) is 2. The maximum atomic E-state index is 13.9. The van der Waals surface area contributed by atoms with Crippen LogP contribution in [0.25, 0.3) is 0 Å². The fourth-order valence-electron chi connectivity index (χ4n) is 2.04. The minimum absolute atomic E-state index is 0.0264. The highest BCUT2D eigenvalue weighted by atomic mass is 32.2. The monoisotopic (exact) mass is 298 g/mol. The lowest BCUT2D eigenvalue weighted by Gasteiger charge is -2.26. The van der Waals surface area contributed by atoms with E-state index in [2.05, 4.69) is 20.5 Å². The molecule has 1 amide bonds. The summed E-state index contributed by atoms with van der Waals surface area (Å²) in [5, 5.41) is 5.38. The van der Waals surface area contributed by atoms with Crippen LogP contribution < -0.4 is 10.6 Å². The first-order chi connectivity index (χ1) is 9.72. The second kappa shape index (κ2) is 7.44. The zero-order chi connectivity index (χ0) is 14.4. The summed E-state index contributed by atoms with van der Waals surface area (Å²) in [6.07, 6.45) is 1.42. The third kappa shape index (κ3) is 3.83. The van der Waals surface area contributed by atoms with Gasteiger partial charge in [0.25, 0.3) is 5.91 Å². The first-order valence-corrected chi connectivity index (χ1v) is 7.78. The molecule has 0 aromatic carbocycles. The van der Waals surface area contributed by atoms with Gasteiger partial charge >= 0.3 is 0 Å². The number of carbonyl (C=O) groups excluding carboxylic acids is 1. The minimum atomic E-state index is -0.609. The van der Waals surface area contributed by atoms with Crippen LogP contribution in [0.3, 0.4) is 0 Å². The summed E-state index contributed by atoms with van der Waals surface area (Å²) in [4.78, 5) is 18.1. The second-order valence-corrected chi connectivity index (χ2v) is 5.71. The number of rotatable bonds is 5. The summed E-state index contributed by atoms with van der Waals surface area (Å²) in [6.45, 7) is 3.43. The molecule has 0 spiro atoms. The molecule has 0 saturated carbocycles. The average molecular weight is 298 g/mol. The number of hydrogen-bond acceptors (Lipinski definition) is 5. The van der Waals surface area contributed by atoms with Crippen LogP contribution in [0, 0.1) is 5.82 Å². The molecule has 0 aliphatic carbocycles. The molecule has 110 valence electrons. The lowest BCUT2D eigenvalue weighted by Crippen LogP contribution is -2.39. The molecule has 0 unspecified atom stereocenters. The van der Waals surface area contributed by atoms with Gasteiger partial charge in [-0.05, 0) is 6.07 Å². The molecule has 0 atom stereocenters. The number of amides is 1. The van der Waals surface area contributed by atoms with Crippen molar-refractivity contribution >= 4 is 23.5 Å². The van der Waals surface area contributed by atoms with Crippen molar-refractivity contribution in [2.45, 2.75) is 0 Å². The van der Waals surface area contributed by atoms with Crippen molar-refractivity contribution in [2.24, 2.45) is 0 Å². The molecule has 1 aromatic rings. The van der Waals surface area contributed by atoms with Crippen LogP contribution in [0.15, 0.2) is 12.3 Å². The molecule has 1 fully saturated rings. The number of nitrogens with zero attached hydrogens (tertiary/aromatic N) is 2. The molecular weight excluding hydrogens is 279 g/mol. The number of aromatic nitrogens is 1. The Bertz CT molecular complexity index is 466. The number of halogens is 1. The highest BCUT2D eigenvalue weighted by Gasteiger charge is 2.16. The van der Waals surface area contributed by atoms with Crippen LogP contribution in [0.4, 0.5) is 10.2 Å². The van der Waals surface area contributed by atoms with Gasteiger partial charge in [0.2, 0.25) is 0 Å². The van der Waals surface area contributed by atoms with E-state index in [0.29, 0.717) is 6.54 Å². The predicted octanol–water partition coefficient (Wildman–Crippen LogP) is 1.04. The predicted molar refractivity (Wildman–Crippen MR) is 79.8 cm³/mol. The largest absolute Gasteiger partial charge is 0.371 e. The maximum absolute atomic E-state index is 13.9. The van der Waals surface area contributed by atoms with Gasteiger partial charge in [0.1, 0.15) is 0 Å². The van der Waals surface area contributed by atoms with E-state index in [4.69, 9.17) is 0 Å². The van der Waals surface area contributed by atoms with E-state index in [0.717, 1.165) is 31.1 Å². The van der Waals surface area contributed by atoms with Crippen LogP contribution in [-0.2, 0) is 0 Å². The van der Waals surface area contributed by atoms with Crippen molar-refractivity contribution in [3.05, 3.63) is 23.6 Å². The number of nitrogens with one attached hydrogen (secondary N) is 2. The van der Waals surface area contributed by atoms with Gasteiger partial charge in [0.15, 0.2) is 11.6 Å². The summed E-state index contributed by atoms with van der Waals surface area (Å²) < 4.78 is 13.9. The lowest BCUT2D eigenvalue weighted by molar-refractivity contribution is 0.0945. The van der Waals surface area contributed by atoms with E-state index in [1.165, 1.54) is 12.3 Å². The molecule has 0 radical (unpaired) electrons. The Hall–Kier alpha value is -1.34. The molecule has 2 rings (SSSR count). The smallest absolute Gasteiger partial charge is 0.254 e. The van der Waals surface area contributed by atoms with E-state index in [1.54, 1.807) is 7.05 Å². The quantitative estimate of drug-likeness (QED) is 0.851. The summed E-state index contributed by atoms with van der Waals surface area (Å²) in [7, 11) is 1.57. The molecule has 1 aliphatic heterocycles. The van der Waals surface area contributed by atoms with Crippen LogP contribution in [0.1, 0.15) is 10.4 Å². The normalized spacial score (nSPS) is 15.9. The maximum Gasteiger partial charge on any atom is 0.254 e. The van der Waals surface area contributed by atoms with Crippen molar-refractivity contribution in [3.63, 3.8) is 0 Å². The number of thioether (sulfide) groups is 1. The Labute approximate surface area is 122 Å². The van der Waals surface area contributed by atoms with Crippen LogP contribution in [0.5, 0.6) is 0 Å². The average Bonchev–Trinajstić information content (AvgIpc) is 2.48. The van der Waals surface area contributed by atoms with Crippen LogP contribution >= 0.6 is 11.8 Å². The van der Waals surface area contributed by atoms with Crippen molar-refractivity contribution in [1.82, 2.24) is 15.2 Å².